The summed E-state index contributed by atoms with van der Waals surface area (Å²) in [7, 11) is 0. The second-order valence-corrected chi connectivity index (χ2v) is 6.37. The molecule has 5 heteroatoms. The molecule has 1 aliphatic heterocycles. The van der Waals surface area contributed by atoms with E-state index < -0.39 is 0 Å². The van der Waals surface area contributed by atoms with E-state index in [1.807, 2.05) is 43.9 Å². The number of benzene rings is 1. The Balaban J connectivity index is 1.95. The first-order valence-corrected chi connectivity index (χ1v) is 8.57. The highest BCUT2D eigenvalue weighted by Crippen LogP contribution is 2.29. The van der Waals surface area contributed by atoms with Crippen LogP contribution in [0.2, 0.25) is 0 Å². The van der Waals surface area contributed by atoms with Crippen molar-refractivity contribution in [1.29, 1.82) is 0 Å². The third kappa shape index (κ3) is 4.78. The molecular formula is C18H29N3O2. The molecule has 23 heavy (non-hydrogen) atoms. The van der Waals surface area contributed by atoms with Gasteiger partial charge in [0.15, 0.2) is 0 Å². The summed E-state index contributed by atoms with van der Waals surface area (Å²) in [5.74, 6) is 0.917. The van der Waals surface area contributed by atoms with Gasteiger partial charge in [-0.1, -0.05) is 19.1 Å². The Labute approximate surface area is 139 Å². The Morgan fingerprint density at radius 3 is 2.43 bits per heavy atom. The Morgan fingerprint density at radius 2 is 1.83 bits per heavy atom. The number of carbonyl (C=O) groups is 1. The summed E-state index contributed by atoms with van der Waals surface area (Å²) >= 11 is 0. The maximum atomic E-state index is 12.2. The van der Waals surface area contributed by atoms with Crippen molar-refractivity contribution in [3.8, 4) is 5.75 Å². The quantitative estimate of drug-likeness (QED) is 0.907. The van der Waals surface area contributed by atoms with Gasteiger partial charge in [-0.05, 0) is 39.3 Å². The highest BCUT2D eigenvalue weighted by Gasteiger charge is 2.23. The third-order valence-electron chi connectivity index (χ3n) is 4.12. The van der Waals surface area contributed by atoms with Gasteiger partial charge in [-0.25, -0.2) is 4.79 Å². The van der Waals surface area contributed by atoms with Gasteiger partial charge in [-0.3, -0.25) is 0 Å². The fourth-order valence-electron chi connectivity index (χ4n) is 2.63. The molecule has 0 aliphatic carbocycles. The smallest absolute Gasteiger partial charge is 0.317 e. The number of amides is 2. The highest BCUT2D eigenvalue weighted by molar-refractivity contribution is 5.75. The Hall–Kier alpha value is -1.91. The van der Waals surface area contributed by atoms with Gasteiger partial charge in [-0.2, -0.15) is 0 Å². The van der Waals surface area contributed by atoms with Gasteiger partial charge in [0.05, 0.1) is 11.8 Å². The number of carbonyl (C=O) groups excluding carboxylic acids is 1. The predicted octanol–water partition coefficient (Wildman–Crippen LogP) is 3.10. The van der Waals surface area contributed by atoms with Crippen LogP contribution in [-0.2, 0) is 0 Å². The molecule has 0 bridgehead atoms. The molecule has 1 aromatic carbocycles. The summed E-state index contributed by atoms with van der Waals surface area (Å²) in [6.45, 7) is 11.3. The number of nitrogens with zero attached hydrogens (tertiary/aromatic N) is 2. The normalized spacial score (nSPS) is 16.4. The summed E-state index contributed by atoms with van der Waals surface area (Å²) in [6.07, 6.45) is 1.10. The summed E-state index contributed by atoms with van der Waals surface area (Å²) in [5.41, 5.74) is 1.11. The van der Waals surface area contributed by atoms with Gasteiger partial charge in [-0.15, -0.1) is 0 Å². The van der Waals surface area contributed by atoms with Gasteiger partial charge >= 0.3 is 6.03 Å². The minimum absolute atomic E-state index is 0.0470. The Bertz CT molecular complexity index is 511. The van der Waals surface area contributed by atoms with Crippen molar-refractivity contribution in [3.63, 3.8) is 0 Å². The van der Waals surface area contributed by atoms with Crippen LogP contribution < -0.4 is 15.0 Å². The molecule has 1 atom stereocenters. The number of para-hydroxylation sites is 2. The average molecular weight is 319 g/mol. The Kier molecular flexibility index (Phi) is 6.13. The average Bonchev–Trinajstić information content (AvgIpc) is 2.55. The second-order valence-electron chi connectivity index (χ2n) is 6.37. The molecule has 128 valence electrons. The minimum Gasteiger partial charge on any atom is -0.489 e. The zero-order valence-corrected chi connectivity index (χ0v) is 14.7. The zero-order chi connectivity index (χ0) is 16.8. The third-order valence-corrected chi connectivity index (χ3v) is 4.12. The van der Waals surface area contributed by atoms with Crippen LogP contribution in [0.1, 0.15) is 34.1 Å². The molecule has 2 rings (SSSR count). The topological polar surface area (TPSA) is 44.8 Å². The lowest BCUT2D eigenvalue weighted by molar-refractivity contribution is 0.190. The molecule has 0 radical (unpaired) electrons. The van der Waals surface area contributed by atoms with Crippen molar-refractivity contribution in [2.75, 3.05) is 31.1 Å². The van der Waals surface area contributed by atoms with Crippen LogP contribution in [0.3, 0.4) is 0 Å². The molecule has 0 spiro atoms. The molecule has 2 amide bonds. The van der Waals surface area contributed by atoms with E-state index in [2.05, 4.69) is 23.2 Å². The maximum Gasteiger partial charge on any atom is 0.317 e. The van der Waals surface area contributed by atoms with E-state index in [9.17, 15) is 4.79 Å². The number of ether oxygens (including phenoxy) is 1. The number of urea groups is 1. The molecule has 0 saturated carbocycles. The molecule has 5 nitrogen and oxygen atoms in total. The van der Waals surface area contributed by atoms with E-state index in [4.69, 9.17) is 4.74 Å². The van der Waals surface area contributed by atoms with E-state index in [1.54, 1.807) is 0 Å². The number of piperazine rings is 1. The van der Waals surface area contributed by atoms with E-state index in [1.165, 1.54) is 0 Å². The molecule has 1 N–H and O–H groups in total. The molecule has 1 unspecified atom stereocenters. The van der Waals surface area contributed by atoms with Crippen molar-refractivity contribution in [1.82, 2.24) is 10.2 Å². The fourth-order valence-corrected chi connectivity index (χ4v) is 2.63. The van der Waals surface area contributed by atoms with Gasteiger partial charge in [0.2, 0.25) is 0 Å². The second kappa shape index (κ2) is 8.09. The van der Waals surface area contributed by atoms with Crippen molar-refractivity contribution in [3.05, 3.63) is 24.3 Å². The van der Waals surface area contributed by atoms with Crippen LogP contribution in [0.25, 0.3) is 0 Å². The van der Waals surface area contributed by atoms with E-state index >= 15 is 0 Å². The summed E-state index contributed by atoms with van der Waals surface area (Å²) in [5, 5.41) is 3.04. The van der Waals surface area contributed by atoms with Crippen molar-refractivity contribution in [2.45, 2.75) is 46.3 Å². The van der Waals surface area contributed by atoms with E-state index in [0.29, 0.717) is 0 Å². The van der Waals surface area contributed by atoms with Crippen molar-refractivity contribution >= 4 is 11.7 Å². The van der Waals surface area contributed by atoms with Crippen LogP contribution >= 0.6 is 0 Å². The lowest BCUT2D eigenvalue weighted by Crippen LogP contribution is -2.53. The highest BCUT2D eigenvalue weighted by atomic mass is 16.5. The molecule has 1 fully saturated rings. The number of nitrogens with one attached hydrogen (secondary N) is 1. The van der Waals surface area contributed by atoms with Crippen LogP contribution in [0, 0.1) is 0 Å². The van der Waals surface area contributed by atoms with Crippen LogP contribution in [0.15, 0.2) is 24.3 Å². The Morgan fingerprint density at radius 1 is 1.17 bits per heavy atom. The van der Waals surface area contributed by atoms with Crippen LogP contribution in [0.4, 0.5) is 10.5 Å². The molecule has 1 aliphatic rings. The number of hydrogen-bond acceptors (Lipinski definition) is 3. The van der Waals surface area contributed by atoms with Crippen molar-refractivity contribution < 1.29 is 9.53 Å². The standard InChI is InChI=1S/C18H29N3O2/c1-5-15(4)19-18(22)21-12-10-20(11-13-21)16-8-6-7-9-17(16)23-14(2)3/h6-9,14-15H,5,10-13H2,1-4H3,(H,19,22). The predicted molar refractivity (Wildman–Crippen MR) is 94.3 cm³/mol. The summed E-state index contributed by atoms with van der Waals surface area (Å²) in [6, 6.07) is 8.40. The maximum absolute atomic E-state index is 12.2. The summed E-state index contributed by atoms with van der Waals surface area (Å²) in [4.78, 5) is 16.4. The van der Waals surface area contributed by atoms with Crippen LogP contribution in [-0.4, -0.2) is 49.3 Å². The number of hydrogen-bond donors (Lipinski definition) is 1. The van der Waals surface area contributed by atoms with Gasteiger partial charge < -0.3 is 19.9 Å². The molecule has 0 aromatic heterocycles. The van der Waals surface area contributed by atoms with E-state index in [0.717, 1.165) is 44.0 Å². The molecule has 1 saturated heterocycles. The monoisotopic (exact) mass is 319 g/mol. The van der Waals surface area contributed by atoms with Crippen LogP contribution in [0.5, 0.6) is 5.75 Å². The lowest BCUT2D eigenvalue weighted by Gasteiger charge is -2.37. The van der Waals surface area contributed by atoms with Crippen molar-refractivity contribution in [2.24, 2.45) is 0 Å². The molecule has 1 aromatic rings. The first-order valence-electron chi connectivity index (χ1n) is 8.57. The van der Waals surface area contributed by atoms with Gasteiger partial charge in [0.1, 0.15) is 5.75 Å². The largest absolute Gasteiger partial charge is 0.489 e. The van der Waals surface area contributed by atoms with Gasteiger partial charge in [0, 0.05) is 32.2 Å². The number of anilines is 1. The molecular weight excluding hydrogens is 290 g/mol. The SMILES string of the molecule is CCC(C)NC(=O)N1CCN(c2ccccc2OC(C)C)CC1. The fraction of sp³-hybridized carbons (Fsp3) is 0.611. The summed E-state index contributed by atoms with van der Waals surface area (Å²) < 4.78 is 5.91. The lowest BCUT2D eigenvalue weighted by atomic mass is 10.2. The van der Waals surface area contributed by atoms with Gasteiger partial charge in [0.25, 0.3) is 0 Å². The number of rotatable bonds is 5. The molecule has 1 heterocycles. The van der Waals surface area contributed by atoms with E-state index in [-0.39, 0.29) is 18.2 Å². The minimum atomic E-state index is 0.0470. The first-order chi connectivity index (χ1) is 11.0. The zero-order valence-electron chi connectivity index (χ0n) is 14.7. The first kappa shape index (κ1) is 17.4.